The van der Waals surface area contributed by atoms with Gasteiger partial charge in [-0.05, 0) is 42.0 Å². The van der Waals surface area contributed by atoms with Gasteiger partial charge in [0, 0.05) is 11.3 Å². The molecule has 9 heteroatoms. The second-order valence-electron chi connectivity index (χ2n) is 7.16. The first-order valence-electron chi connectivity index (χ1n) is 10.4. The molecule has 2 amide bonds. The third-order valence-corrected chi connectivity index (χ3v) is 5.63. The maximum absolute atomic E-state index is 12.9. The zero-order valence-electron chi connectivity index (χ0n) is 18.3. The van der Waals surface area contributed by atoms with Gasteiger partial charge in [-0.2, -0.15) is 0 Å². The van der Waals surface area contributed by atoms with Gasteiger partial charge in [-0.15, -0.1) is 10.2 Å². The van der Waals surface area contributed by atoms with Crippen LogP contribution in [0.2, 0.25) is 0 Å². The van der Waals surface area contributed by atoms with Gasteiger partial charge in [-0.3, -0.25) is 9.59 Å². The van der Waals surface area contributed by atoms with Crippen LogP contribution in [0.3, 0.4) is 0 Å². The van der Waals surface area contributed by atoms with Crippen LogP contribution in [0.4, 0.5) is 5.69 Å². The molecule has 4 rings (SSSR count). The van der Waals surface area contributed by atoms with Crippen molar-refractivity contribution in [1.82, 2.24) is 15.5 Å². The highest BCUT2D eigenvalue weighted by Gasteiger charge is 2.23. The summed E-state index contributed by atoms with van der Waals surface area (Å²) in [4.78, 5) is 25.6. The first kappa shape index (κ1) is 23.1. The van der Waals surface area contributed by atoms with Gasteiger partial charge in [0.05, 0.1) is 12.9 Å². The number of carbonyl (C=O) groups is 2. The number of methoxy groups -OCH3 is 1. The summed E-state index contributed by atoms with van der Waals surface area (Å²) in [6.07, 6.45) is 0. The molecule has 0 radical (unpaired) electrons. The summed E-state index contributed by atoms with van der Waals surface area (Å²) in [7, 11) is 1.59. The number of nitrogens with one attached hydrogen (secondary N) is 2. The second kappa shape index (κ2) is 11.2. The molecule has 0 saturated carbocycles. The van der Waals surface area contributed by atoms with Crippen molar-refractivity contribution in [3.63, 3.8) is 0 Å². The topological polar surface area (TPSA) is 106 Å². The Kier molecular flexibility index (Phi) is 7.56. The molecule has 1 heterocycles. The number of ether oxygens (including phenoxy) is 1. The van der Waals surface area contributed by atoms with Crippen LogP contribution in [-0.2, 0) is 9.59 Å². The number of para-hydroxylation sites is 1. The zero-order chi connectivity index (χ0) is 23.8. The molecule has 1 aromatic heterocycles. The number of carbonyl (C=O) groups excluding carboxylic acids is 2. The number of aromatic nitrogens is 2. The average Bonchev–Trinajstić information content (AvgIpc) is 3.36. The summed E-state index contributed by atoms with van der Waals surface area (Å²) in [6, 6.07) is 24.5. The minimum Gasteiger partial charge on any atom is -0.497 e. The molecule has 0 bridgehead atoms. The first-order chi connectivity index (χ1) is 16.6. The Balaban J connectivity index is 1.39. The number of amides is 2. The van der Waals surface area contributed by atoms with E-state index in [0.717, 1.165) is 23.1 Å². The summed E-state index contributed by atoms with van der Waals surface area (Å²) in [5, 5.41) is 13.9. The lowest BCUT2D eigenvalue weighted by Gasteiger charge is -2.18. The fraction of sp³-hybridized carbons (Fsp3) is 0.120. The first-order valence-corrected chi connectivity index (χ1v) is 11.4. The predicted molar refractivity (Wildman–Crippen MR) is 129 cm³/mol. The van der Waals surface area contributed by atoms with E-state index < -0.39 is 6.04 Å². The zero-order valence-corrected chi connectivity index (χ0v) is 19.1. The van der Waals surface area contributed by atoms with Crippen molar-refractivity contribution in [3.05, 3.63) is 90.5 Å². The number of hydrogen-bond acceptors (Lipinski definition) is 7. The molecule has 172 valence electrons. The summed E-state index contributed by atoms with van der Waals surface area (Å²) < 4.78 is 10.8. The van der Waals surface area contributed by atoms with Gasteiger partial charge in [-0.25, -0.2) is 0 Å². The lowest BCUT2D eigenvalue weighted by molar-refractivity contribution is -0.125. The Hall–Kier alpha value is -4.11. The number of benzene rings is 3. The minimum atomic E-state index is -0.855. The summed E-state index contributed by atoms with van der Waals surface area (Å²) in [5.74, 6) is 0.391. The number of anilines is 1. The molecular weight excluding hydrogens is 452 g/mol. The molecule has 34 heavy (non-hydrogen) atoms. The fourth-order valence-electron chi connectivity index (χ4n) is 3.13. The van der Waals surface area contributed by atoms with E-state index >= 15 is 0 Å². The molecule has 0 aliphatic heterocycles. The highest BCUT2D eigenvalue weighted by Crippen LogP contribution is 2.25. The predicted octanol–water partition coefficient (Wildman–Crippen LogP) is 4.33. The second-order valence-corrected chi connectivity index (χ2v) is 8.08. The van der Waals surface area contributed by atoms with Crippen LogP contribution in [0.15, 0.2) is 94.6 Å². The van der Waals surface area contributed by atoms with Gasteiger partial charge in [-0.1, -0.05) is 60.3 Å². The van der Waals surface area contributed by atoms with E-state index in [-0.39, 0.29) is 22.8 Å². The summed E-state index contributed by atoms with van der Waals surface area (Å²) in [6.45, 7) is 0. The Morgan fingerprint density at radius 3 is 2.29 bits per heavy atom. The van der Waals surface area contributed by atoms with Crippen molar-refractivity contribution in [1.29, 1.82) is 0 Å². The number of thioether (sulfide) groups is 1. The van der Waals surface area contributed by atoms with Gasteiger partial charge >= 0.3 is 0 Å². The number of nitrogens with zero attached hydrogens (tertiary/aromatic N) is 2. The van der Waals surface area contributed by atoms with Crippen LogP contribution < -0.4 is 15.4 Å². The molecule has 0 spiro atoms. The summed E-state index contributed by atoms with van der Waals surface area (Å²) >= 11 is 1.10. The smallest absolute Gasteiger partial charge is 0.277 e. The molecule has 0 fully saturated rings. The average molecular weight is 475 g/mol. The maximum Gasteiger partial charge on any atom is 0.277 e. The minimum absolute atomic E-state index is 0.00615. The fourth-order valence-corrected chi connectivity index (χ4v) is 3.70. The molecule has 0 aliphatic carbocycles. The van der Waals surface area contributed by atoms with Gasteiger partial charge in [0.1, 0.15) is 11.8 Å². The van der Waals surface area contributed by atoms with E-state index in [0.29, 0.717) is 17.1 Å². The molecule has 1 unspecified atom stereocenters. The maximum atomic E-state index is 12.9. The molecular formula is C25H22N4O4S. The Bertz CT molecular complexity index is 1230. The van der Waals surface area contributed by atoms with Crippen molar-refractivity contribution in [2.75, 3.05) is 18.2 Å². The van der Waals surface area contributed by atoms with E-state index in [1.165, 1.54) is 0 Å². The van der Waals surface area contributed by atoms with E-state index in [9.17, 15) is 9.59 Å². The van der Waals surface area contributed by atoms with Crippen LogP contribution in [0, 0.1) is 0 Å². The Morgan fingerprint density at radius 2 is 1.62 bits per heavy atom. The van der Waals surface area contributed by atoms with Gasteiger partial charge < -0.3 is 19.8 Å². The standard InChI is InChI=1S/C25H22N4O4S/c1-32-20-14-12-18(13-15-20)24-28-29-25(33-24)34-16-21(30)27-22(17-8-4-2-5-9-17)23(31)26-19-10-6-3-7-11-19/h2-15,22H,16H2,1H3,(H,26,31)(H,27,30). The SMILES string of the molecule is COc1ccc(-c2nnc(SCC(=O)NC(C(=O)Nc3ccccc3)c3ccccc3)o2)cc1. The van der Waals surface area contributed by atoms with Crippen molar-refractivity contribution >= 4 is 29.3 Å². The molecule has 2 N–H and O–H groups in total. The Labute approximate surface area is 200 Å². The van der Waals surface area contributed by atoms with Crippen LogP contribution >= 0.6 is 11.8 Å². The summed E-state index contributed by atoms with van der Waals surface area (Å²) in [5.41, 5.74) is 2.06. The van der Waals surface area contributed by atoms with Crippen LogP contribution in [0.1, 0.15) is 11.6 Å². The van der Waals surface area contributed by atoms with Crippen molar-refractivity contribution in [2.45, 2.75) is 11.3 Å². The molecule has 1 atom stereocenters. The monoisotopic (exact) mass is 474 g/mol. The Morgan fingerprint density at radius 1 is 0.941 bits per heavy atom. The molecule has 0 aliphatic rings. The quantitative estimate of drug-likeness (QED) is 0.348. The molecule has 8 nitrogen and oxygen atoms in total. The van der Waals surface area contributed by atoms with Gasteiger partial charge in [0.25, 0.3) is 11.1 Å². The van der Waals surface area contributed by atoms with Crippen LogP contribution in [-0.4, -0.2) is 34.9 Å². The van der Waals surface area contributed by atoms with E-state index in [4.69, 9.17) is 9.15 Å². The van der Waals surface area contributed by atoms with Crippen molar-refractivity contribution in [3.8, 4) is 17.2 Å². The van der Waals surface area contributed by atoms with E-state index in [1.807, 2.05) is 48.5 Å². The van der Waals surface area contributed by atoms with E-state index in [2.05, 4.69) is 20.8 Å². The lowest BCUT2D eigenvalue weighted by atomic mass is 10.1. The number of hydrogen-bond donors (Lipinski definition) is 2. The third-order valence-electron chi connectivity index (χ3n) is 4.81. The lowest BCUT2D eigenvalue weighted by Crippen LogP contribution is -2.37. The van der Waals surface area contributed by atoms with Gasteiger partial charge in [0.2, 0.25) is 11.8 Å². The third kappa shape index (κ3) is 6.02. The van der Waals surface area contributed by atoms with Crippen LogP contribution in [0.5, 0.6) is 5.75 Å². The van der Waals surface area contributed by atoms with Crippen molar-refractivity contribution < 1.29 is 18.7 Å². The molecule has 3 aromatic carbocycles. The number of rotatable bonds is 9. The highest BCUT2D eigenvalue weighted by atomic mass is 32.2. The van der Waals surface area contributed by atoms with Crippen LogP contribution in [0.25, 0.3) is 11.5 Å². The largest absolute Gasteiger partial charge is 0.497 e. The highest BCUT2D eigenvalue weighted by molar-refractivity contribution is 7.99. The van der Waals surface area contributed by atoms with Gasteiger partial charge in [0.15, 0.2) is 0 Å². The molecule has 0 saturated heterocycles. The van der Waals surface area contributed by atoms with Crippen molar-refractivity contribution in [2.24, 2.45) is 0 Å². The normalized spacial score (nSPS) is 11.4. The van der Waals surface area contributed by atoms with E-state index in [1.54, 1.807) is 43.5 Å². The molecule has 4 aromatic rings.